The van der Waals surface area contributed by atoms with Crippen molar-refractivity contribution in [2.24, 2.45) is 5.41 Å². The van der Waals surface area contributed by atoms with E-state index in [1.54, 1.807) is 6.92 Å². The van der Waals surface area contributed by atoms with Crippen LogP contribution in [0.1, 0.15) is 24.5 Å². The normalized spacial score (nSPS) is 22.5. The molecule has 1 aliphatic carbocycles. The summed E-state index contributed by atoms with van der Waals surface area (Å²) in [6.45, 7) is 4.04. The molecule has 1 aromatic rings. The van der Waals surface area contributed by atoms with Gasteiger partial charge >= 0.3 is 0 Å². The molecule has 1 unspecified atom stereocenters. The number of benzene rings is 1. The Kier molecular flexibility index (Phi) is 4.49. The van der Waals surface area contributed by atoms with Crippen LogP contribution in [0.25, 0.3) is 0 Å². The Morgan fingerprint density at radius 1 is 1.19 bits per heavy atom. The summed E-state index contributed by atoms with van der Waals surface area (Å²) in [4.78, 5) is 23.6. The molecule has 0 heterocycles. The van der Waals surface area contributed by atoms with Crippen molar-refractivity contribution in [2.45, 2.75) is 31.1 Å². The van der Waals surface area contributed by atoms with Crippen LogP contribution in [-0.4, -0.2) is 22.7 Å². The molecular weight excluding hydrogens is 311 g/mol. The number of aryl methyl sites for hydroxylation is 1. The van der Waals surface area contributed by atoms with E-state index in [9.17, 15) is 9.59 Å². The average molecular weight is 329 g/mol. The molecule has 1 fully saturated rings. The number of amides is 2. The van der Waals surface area contributed by atoms with Crippen LogP contribution in [-0.2, 0) is 16.1 Å². The van der Waals surface area contributed by atoms with Gasteiger partial charge in [0.05, 0.1) is 12.0 Å². The lowest BCUT2D eigenvalue weighted by molar-refractivity contribution is -0.129. The first-order valence-electron chi connectivity index (χ1n) is 6.73. The number of alkyl halides is 2. The molecule has 0 radical (unpaired) electrons. The Balaban J connectivity index is 1.73. The van der Waals surface area contributed by atoms with E-state index in [0.717, 1.165) is 5.56 Å². The Morgan fingerprint density at radius 2 is 1.76 bits per heavy atom. The zero-order valence-electron chi connectivity index (χ0n) is 12.0. The van der Waals surface area contributed by atoms with E-state index in [0.29, 0.717) is 13.0 Å². The highest BCUT2D eigenvalue weighted by Gasteiger charge is 2.67. The van der Waals surface area contributed by atoms with Gasteiger partial charge in [0.15, 0.2) is 0 Å². The maximum absolute atomic E-state index is 11.9. The minimum Gasteiger partial charge on any atom is -0.350 e. The number of carbonyl (C=O) groups is 2. The van der Waals surface area contributed by atoms with E-state index in [1.807, 2.05) is 31.2 Å². The van der Waals surface area contributed by atoms with E-state index in [1.165, 1.54) is 5.56 Å². The molecule has 1 atom stereocenters. The molecule has 114 valence electrons. The van der Waals surface area contributed by atoms with E-state index in [-0.39, 0.29) is 18.4 Å². The summed E-state index contributed by atoms with van der Waals surface area (Å²) in [5, 5.41) is 5.31. The molecular formula is C15H18Cl2N2O2. The quantitative estimate of drug-likeness (QED) is 0.815. The average Bonchev–Trinajstić information content (AvgIpc) is 2.95. The molecule has 1 saturated carbocycles. The molecule has 2 rings (SSSR count). The molecule has 2 amide bonds. The van der Waals surface area contributed by atoms with Crippen LogP contribution < -0.4 is 10.6 Å². The Hall–Kier alpha value is -1.26. The van der Waals surface area contributed by atoms with Gasteiger partial charge in [-0.1, -0.05) is 29.8 Å². The molecule has 0 aliphatic heterocycles. The van der Waals surface area contributed by atoms with Crippen LogP contribution in [0.3, 0.4) is 0 Å². The van der Waals surface area contributed by atoms with Gasteiger partial charge in [-0.15, -0.1) is 23.2 Å². The highest BCUT2D eigenvalue weighted by molar-refractivity contribution is 6.53. The molecule has 0 aromatic heterocycles. The molecule has 0 saturated heterocycles. The van der Waals surface area contributed by atoms with Crippen LogP contribution in [0.2, 0.25) is 0 Å². The smallest absolute Gasteiger partial charge is 0.239 e. The lowest BCUT2D eigenvalue weighted by Crippen LogP contribution is -2.40. The topological polar surface area (TPSA) is 58.2 Å². The van der Waals surface area contributed by atoms with Gasteiger partial charge in [-0.05, 0) is 25.8 Å². The van der Waals surface area contributed by atoms with Crippen LogP contribution in [0.5, 0.6) is 0 Å². The first-order chi connectivity index (χ1) is 9.74. The summed E-state index contributed by atoms with van der Waals surface area (Å²) in [6.07, 6.45) is 0.403. The highest BCUT2D eigenvalue weighted by atomic mass is 35.5. The fourth-order valence-electron chi connectivity index (χ4n) is 1.97. The second-order valence-corrected chi connectivity index (χ2v) is 7.14. The van der Waals surface area contributed by atoms with Gasteiger partial charge in [-0.3, -0.25) is 9.59 Å². The van der Waals surface area contributed by atoms with Crippen LogP contribution in [0.4, 0.5) is 0 Å². The molecule has 6 heteroatoms. The molecule has 1 aromatic carbocycles. The predicted octanol–water partition coefficient (Wildman–Crippen LogP) is 2.31. The minimum absolute atomic E-state index is 0.0792. The fourth-order valence-corrected chi connectivity index (χ4v) is 2.68. The van der Waals surface area contributed by atoms with Gasteiger partial charge in [0, 0.05) is 6.54 Å². The second-order valence-electron chi connectivity index (χ2n) is 5.66. The molecule has 2 N–H and O–H groups in total. The minimum atomic E-state index is -1.02. The predicted molar refractivity (Wildman–Crippen MR) is 83.2 cm³/mol. The van der Waals surface area contributed by atoms with Crippen molar-refractivity contribution in [3.63, 3.8) is 0 Å². The number of hydrogen-bond donors (Lipinski definition) is 2. The van der Waals surface area contributed by atoms with Gasteiger partial charge in [0.2, 0.25) is 11.8 Å². The lowest BCUT2D eigenvalue weighted by Gasteiger charge is -2.12. The largest absolute Gasteiger partial charge is 0.350 e. The summed E-state index contributed by atoms with van der Waals surface area (Å²) in [6, 6.07) is 7.87. The molecule has 0 spiro atoms. The van der Waals surface area contributed by atoms with Gasteiger partial charge in [-0.2, -0.15) is 0 Å². The number of rotatable bonds is 5. The molecule has 0 bridgehead atoms. The van der Waals surface area contributed by atoms with Crippen molar-refractivity contribution in [3.05, 3.63) is 35.4 Å². The second kappa shape index (κ2) is 5.85. The van der Waals surface area contributed by atoms with Gasteiger partial charge in [0.25, 0.3) is 0 Å². The number of nitrogens with one attached hydrogen (secondary N) is 2. The standard InChI is InChI=1S/C15H18Cl2N2O2/c1-10-3-5-11(6-4-10)7-18-12(20)8-19-13(21)14(2)9-15(14,16)17/h3-6H,7-9H2,1-2H3,(H,18,20)(H,19,21). The van der Waals surface area contributed by atoms with Gasteiger partial charge < -0.3 is 10.6 Å². The monoisotopic (exact) mass is 328 g/mol. The first kappa shape index (κ1) is 16.1. The Morgan fingerprint density at radius 3 is 2.29 bits per heavy atom. The molecule has 1 aliphatic rings. The van der Waals surface area contributed by atoms with Crippen LogP contribution in [0, 0.1) is 12.3 Å². The zero-order chi connectivity index (χ0) is 15.7. The third-order valence-corrected chi connectivity index (χ3v) is 4.88. The van der Waals surface area contributed by atoms with Crippen molar-refractivity contribution >= 4 is 35.0 Å². The first-order valence-corrected chi connectivity index (χ1v) is 7.48. The third-order valence-electron chi connectivity index (χ3n) is 3.78. The van der Waals surface area contributed by atoms with E-state index in [4.69, 9.17) is 23.2 Å². The molecule has 21 heavy (non-hydrogen) atoms. The summed E-state index contributed by atoms with van der Waals surface area (Å²) in [7, 11) is 0. The zero-order valence-corrected chi connectivity index (χ0v) is 13.5. The van der Waals surface area contributed by atoms with E-state index in [2.05, 4.69) is 10.6 Å². The summed E-state index contributed by atoms with van der Waals surface area (Å²) in [5.74, 6) is -0.541. The third kappa shape index (κ3) is 3.69. The fraction of sp³-hybridized carbons (Fsp3) is 0.467. The van der Waals surface area contributed by atoms with Crippen molar-refractivity contribution < 1.29 is 9.59 Å². The van der Waals surface area contributed by atoms with Gasteiger partial charge in [0.1, 0.15) is 4.33 Å². The summed E-state index contributed by atoms with van der Waals surface area (Å²) >= 11 is 11.8. The maximum atomic E-state index is 11.9. The Labute approximate surface area is 134 Å². The van der Waals surface area contributed by atoms with Crippen LogP contribution in [0.15, 0.2) is 24.3 Å². The van der Waals surface area contributed by atoms with Crippen molar-refractivity contribution in [3.8, 4) is 0 Å². The van der Waals surface area contributed by atoms with Crippen molar-refractivity contribution in [1.29, 1.82) is 0 Å². The molecule has 4 nitrogen and oxygen atoms in total. The van der Waals surface area contributed by atoms with Crippen molar-refractivity contribution in [2.75, 3.05) is 6.54 Å². The number of halogens is 2. The van der Waals surface area contributed by atoms with Crippen molar-refractivity contribution in [1.82, 2.24) is 10.6 Å². The maximum Gasteiger partial charge on any atom is 0.239 e. The highest BCUT2D eigenvalue weighted by Crippen LogP contribution is 2.63. The Bertz CT molecular complexity index is 557. The number of carbonyl (C=O) groups excluding carboxylic acids is 2. The van der Waals surface area contributed by atoms with E-state index >= 15 is 0 Å². The summed E-state index contributed by atoms with van der Waals surface area (Å²) < 4.78 is -1.02. The number of hydrogen-bond acceptors (Lipinski definition) is 2. The SMILES string of the molecule is Cc1ccc(CNC(=O)CNC(=O)C2(C)CC2(Cl)Cl)cc1. The summed E-state index contributed by atoms with van der Waals surface area (Å²) in [5.41, 5.74) is 1.38. The van der Waals surface area contributed by atoms with E-state index < -0.39 is 9.75 Å². The van der Waals surface area contributed by atoms with Gasteiger partial charge in [-0.25, -0.2) is 0 Å². The van der Waals surface area contributed by atoms with Crippen LogP contribution >= 0.6 is 23.2 Å². The lowest BCUT2D eigenvalue weighted by atomic mass is 10.1.